The van der Waals surface area contributed by atoms with Crippen LogP contribution in [0.15, 0.2) is 0 Å². The number of amides is 2. The summed E-state index contributed by atoms with van der Waals surface area (Å²) in [6, 6.07) is 0. The summed E-state index contributed by atoms with van der Waals surface area (Å²) in [6.07, 6.45) is -0.473. The number of hydrogen-bond donors (Lipinski definition) is 5. The highest BCUT2D eigenvalue weighted by Gasteiger charge is 2.40. The molecule has 0 aliphatic rings. The zero-order valence-electron chi connectivity index (χ0n) is 10.4. The molecule has 0 spiro atoms. The number of nitrogens with one attached hydrogen (secondary N) is 2. The standard InChI is InChI=1S/C10H20N4O4/c1-7(16)10(12,9(18)14-3-2-11)6-8(17)13-4-5-15/h15H,2-6,11-12H2,1H3,(H,13,17)(H,14,18). The maximum absolute atomic E-state index is 11.7. The molecule has 0 radical (unpaired) electrons. The fraction of sp³-hybridized carbons (Fsp3) is 0.700. The summed E-state index contributed by atoms with van der Waals surface area (Å²) in [7, 11) is 0. The fourth-order valence-corrected chi connectivity index (χ4v) is 1.22. The first-order valence-electron chi connectivity index (χ1n) is 5.54. The second-order valence-corrected chi connectivity index (χ2v) is 3.82. The van der Waals surface area contributed by atoms with Crippen molar-refractivity contribution in [1.29, 1.82) is 0 Å². The molecule has 1 atom stereocenters. The van der Waals surface area contributed by atoms with Crippen LogP contribution in [-0.4, -0.2) is 54.5 Å². The van der Waals surface area contributed by atoms with Crippen molar-refractivity contribution < 1.29 is 19.5 Å². The Hall–Kier alpha value is -1.51. The van der Waals surface area contributed by atoms with Crippen LogP contribution in [0.1, 0.15) is 13.3 Å². The van der Waals surface area contributed by atoms with Crippen LogP contribution in [0, 0.1) is 0 Å². The lowest BCUT2D eigenvalue weighted by Gasteiger charge is -2.24. The van der Waals surface area contributed by atoms with Gasteiger partial charge in [0, 0.05) is 19.6 Å². The summed E-state index contributed by atoms with van der Waals surface area (Å²) in [6.45, 7) is 1.32. The smallest absolute Gasteiger partial charge is 0.248 e. The number of carbonyl (C=O) groups is 3. The van der Waals surface area contributed by atoms with Gasteiger partial charge in [0.2, 0.25) is 11.8 Å². The lowest BCUT2D eigenvalue weighted by molar-refractivity contribution is -0.139. The van der Waals surface area contributed by atoms with Gasteiger partial charge in [-0.2, -0.15) is 0 Å². The number of hydrogen-bond acceptors (Lipinski definition) is 6. The number of aliphatic hydroxyl groups is 1. The molecule has 0 bridgehead atoms. The molecule has 0 aliphatic carbocycles. The van der Waals surface area contributed by atoms with Crippen LogP contribution in [0.2, 0.25) is 0 Å². The van der Waals surface area contributed by atoms with Crippen molar-refractivity contribution in [1.82, 2.24) is 10.6 Å². The average molecular weight is 260 g/mol. The Bertz CT molecular complexity index is 321. The molecule has 104 valence electrons. The van der Waals surface area contributed by atoms with Crippen molar-refractivity contribution in [2.45, 2.75) is 18.9 Å². The van der Waals surface area contributed by atoms with E-state index < -0.39 is 29.6 Å². The molecule has 18 heavy (non-hydrogen) atoms. The summed E-state index contributed by atoms with van der Waals surface area (Å²) in [5.74, 6) is -1.93. The first-order chi connectivity index (χ1) is 8.38. The number of Topliss-reactive ketones (excluding diaryl/α,β-unsaturated/α-hetero) is 1. The van der Waals surface area contributed by atoms with Gasteiger partial charge >= 0.3 is 0 Å². The number of rotatable bonds is 8. The number of nitrogens with two attached hydrogens (primary N) is 2. The molecule has 0 aromatic rings. The van der Waals surface area contributed by atoms with Crippen molar-refractivity contribution >= 4 is 17.6 Å². The first kappa shape index (κ1) is 16.5. The van der Waals surface area contributed by atoms with Gasteiger partial charge < -0.3 is 27.2 Å². The summed E-state index contributed by atoms with van der Waals surface area (Å²) in [4.78, 5) is 34.6. The zero-order chi connectivity index (χ0) is 14.2. The highest BCUT2D eigenvalue weighted by atomic mass is 16.3. The Labute approximate surface area is 105 Å². The lowest BCUT2D eigenvalue weighted by atomic mass is 9.90. The molecule has 0 aromatic carbocycles. The summed E-state index contributed by atoms with van der Waals surface area (Å²) < 4.78 is 0. The Morgan fingerprint density at radius 2 is 1.83 bits per heavy atom. The van der Waals surface area contributed by atoms with E-state index in [1.807, 2.05) is 0 Å². The lowest BCUT2D eigenvalue weighted by Crippen LogP contribution is -2.61. The molecular weight excluding hydrogens is 240 g/mol. The average Bonchev–Trinajstić information content (AvgIpc) is 2.32. The first-order valence-corrected chi connectivity index (χ1v) is 5.54. The highest BCUT2D eigenvalue weighted by Crippen LogP contribution is 2.09. The molecule has 0 saturated carbocycles. The van der Waals surface area contributed by atoms with Crippen molar-refractivity contribution in [3.63, 3.8) is 0 Å². The van der Waals surface area contributed by atoms with E-state index >= 15 is 0 Å². The molecule has 2 amide bonds. The Morgan fingerprint density at radius 1 is 1.22 bits per heavy atom. The van der Waals surface area contributed by atoms with Crippen LogP contribution in [0.4, 0.5) is 0 Å². The minimum Gasteiger partial charge on any atom is -0.395 e. The predicted octanol–water partition coefficient (Wildman–Crippen LogP) is -3.15. The van der Waals surface area contributed by atoms with Crippen LogP contribution in [0.3, 0.4) is 0 Å². The summed E-state index contributed by atoms with van der Waals surface area (Å²) >= 11 is 0. The van der Waals surface area contributed by atoms with Gasteiger partial charge in [0.05, 0.1) is 13.0 Å². The molecule has 1 unspecified atom stereocenters. The van der Waals surface area contributed by atoms with E-state index in [1.54, 1.807) is 0 Å². The van der Waals surface area contributed by atoms with E-state index in [1.165, 1.54) is 0 Å². The van der Waals surface area contributed by atoms with Gasteiger partial charge in [-0.05, 0) is 6.92 Å². The van der Waals surface area contributed by atoms with Gasteiger partial charge in [-0.1, -0.05) is 0 Å². The minimum absolute atomic E-state index is 0.0389. The van der Waals surface area contributed by atoms with E-state index in [4.69, 9.17) is 16.6 Å². The Kier molecular flexibility index (Phi) is 7.10. The van der Waals surface area contributed by atoms with Gasteiger partial charge in [-0.3, -0.25) is 14.4 Å². The van der Waals surface area contributed by atoms with Crippen molar-refractivity contribution in [3.8, 4) is 0 Å². The highest BCUT2D eigenvalue weighted by molar-refractivity contribution is 6.12. The molecular formula is C10H20N4O4. The quantitative estimate of drug-likeness (QED) is 0.291. The van der Waals surface area contributed by atoms with Crippen molar-refractivity contribution in [2.75, 3.05) is 26.2 Å². The van der Waals surface area contributed by atoms with Crippen LogP contribution < -0.4 is 22.1 Å². The third kappa shape index (κ3) is 4.78. The number of ketones is 1. The van der Waals surface area contributed by atoms with Gasteiger partial charge in [-0.25, -0.2) is 0 Å². The predicted molar refractivity (Wildman–Crippen MR) is 64.4 cm³/mol. The van der Waals surface area contributed by atoms with Crippen LogP contribution >= 0.6 is 0 Å². The van der Waals surface area contributed by atoms with Gasteiger partial charge in [0.25, 0.3) is 0 Å². The minimum atomic E-state index is -1.91. The normalized spacial score (nSPS) is 13.6. The van der Waals surface area contributed by atoms with Crippen LogP contribution in [-0.2, 0) is 14.4 Å². The Morgan fingerprint density at radius 3 is 2.28 bits per heavy atom. The van der Waals surface area contributed by atoms with E-state index in [2.05, 4.69) is 10.6 Å². The van der Waals surface area contributed by atoms with Crippen molar-refractivity contribution in [2.24, 2.45) is 11.5 Å². The summed E-state index contributed by atoms with van der Waals surface area (Å²) in [5, 5.41) is 13.2. The molecule has 0 saturated heterocycles. The van der Waals surface area contributed by atoms with E-state index in [-0.39, 0.29) is 26.2 Å². The second kappa shape index (κ2) is 7.75. The topological polar surface area (TPSA) is 148 Å². The monoisotopic (exact) mass is 260 g/mol. The molecule has 8 heteroatoms. The van der Waals surface area contributed by atoms with E-state index in [0.29, 0.717) is 0 Å². The molecule has 0 aromatic heterocycles. The fourth-order valence-electron chi connectivity index (χ4n) is 1.22. The van der Waals surface area contributed by atoms with Crippen molar-refractivity contribution in [3.05, 3.63) is 0 Å². The molecule has 8 nitrogen and oxygen atoms in total. The number of aliphatic hydroxyl groups excluding tert-OH is 1. The Balaban J connectivity index is 4.66. The molecule has 0 rings (SSSR count). The molecule has 0 heterocycles. The third-order valence-corrected chi connectivity index (χ3v) is 2.34. The van der Waals surface area contributed by atoms with Gasteiger partial charge in [0.1, 0.15) is 0 Å². The van der Waals surface area contributed by atoms with E-state index in [0.717, 1.165) is 6.92 Å². The van der Waals surface area contributed by atoms with Gasteiger partial charge in [-0.15, -0.1) is 0 Å². The summed E-state index contributed by atoms with van der Waals surface area (Å²) in [5.41, 5.74) is 8.98. The zero-order valence-corrected chi connectivity index (χ0v) is 10.4. The maximum Gasteiger partial charge on any atom is 0.248 e. The SMILES string of the molecule is CC(=O)C(N)(CC(=O)NCCO)C(=O)NCCN. The van der Waals surface area contributed by atoms with Crippen LogP contribution in [0.25, 0.3) is 0 Å². The number of carbonyl (C=O) groups excluding carboxylic acids is 3. The largest absolute Gasteiger partial charge is 0.395 e. The molecule has 0 aliphatic heterocycles. The van der Waals surface area contributed by atoms with E-state index in [9.17, 15) is 14.4 Å². The molecule has 0 fully saturated rings. The van der Waals surface area contributed by atoms with Crippen LogP contribution in [0.5, 0.6) is 0 Å². The third-order valence-electron chi connectivity index (χ3n) is 2.34. The maximum atomic E-state index is 11.7. The van der Waals surface area contributed by atoms with Gasteiger partial charge in [0.15, 0.2) is 11.3 Å². The second-order valence-electron chi connectivity index (χ2n) is 3.82. The molecule has 7 N–H and O–H groups in total.